The van der Waals surface area contributed by atoms with Gasteiger partial charge < -0.3 is 5.32 Å². The molecular formula is C18H29N3. The van der Waals surface area contributed by atoms with Crippen LogP contribution in [0, 0.1) is 5.92 Å². The zero-order valence-corrected chi connectivity index (χ0v) is 13.6. The number of hydrogen-bond donors (Lipinski definition) is 1. The third kappa shape index (κ3) is 3.97. The van der Waals surface area contributed by atoms with E-state index in [2.05, 4.69) is 29.6 Å². The average Bonchev–Trinajstić information content (AvgIpc) is 3.27. The molecule has 0 radical (unpaired) electrons. The maximum Gasteiger partial charge on any atom is 0.0694 e. The van der Waals surface area contributed by atoms with Crippen molar-refractivity contribution in [3.63, 3.8) is 0 Å². The molecule has 2 aliphatic rings. The molecule has 0 unspecified atom stereocenters. The molecule has 2 aliphatic carbocycles. The molecule has 0 bridgehead atoms. The van der Waals surface area contributed by atoms with Crippen LogP contribution in [-0.4, -0.2) is 22.4 Å². The highest BCUT2D eigenvalue weighted by Crippen LogP contribution is 2.31. The number of aromatic nitrogens is 2. The van der Waals surface area contributed by atoms with Crippen molar-refractivity contribution >= 4 is 6.08 Å². The van der Waals surface area contributed by atoms with Gasteiger partial charge in [0.2, 0.25) is 0 Å². The first-order chi connectivity index (χ1) is 10.3. The van der Waals surface area contributed by atoms with Gasteiger partial charge in [-0.15, -0.1) is 0 Å². The SMILES string of the molecule is CCc1nn(C)cc1/C=C(/CNC1CC1)C1CCCCC1. The van der Waals surface area contributed by atoms with E-state index in [0.29, 0.717) is 0 Å². The topological polar surface area (TPSA) is 29.9 Å². The lowest BCUT2D eigenvalue weighted by molar-refractivity contribution is 0.396. The average molecular weight is 287 g/mol. The highest BCUT2D eigenvalue weighted by molar-refractivity contribution is 5.55. The predicted molar refractivity (Wildman–Crippen MR) is 88.2 cm³/mol. The second-order valence-electron chi connectivity index (χ2n) is 6.77. The normalized spacial score (nSPS) is 21.0. The molecule has 1 aromatic heterocycles. The van der Waals surface area contributed by atoms with Gasteiger partial charge in [-0.05, 0) is 38.0 Å². The van der Waals surface area contributed by atoms with Crippen LogP contribution in [0.4, 0.5) is 0 Å². The van der Waals surface area contributed by atoms with Crippen LogP contribution in [0.15, 0.2) is 11.8 Å². The van der Waals surface area contributed by atoms with Crippen LogP contribution in [-0.2, 0) is 13.5 Å². The standard InChI is InChI=1S/C18H29N3/c1-3-18-16(13-21(2)20-18)11-15(12-19-17-9-10-17)14-7-5-4-6-8-14/h11,13-14,17,19H,3-10,12H2,1-2H3/b15-11-. The van der Waals surface area contributed by atoms with E-state index < -0.39 is 0 Å². The molecule has 116 valence electrons. The van der Waals surface area contributed by atoms with Crippen molar-refractivity contribution < 1.29 is 0 Å². The van der Waals surface area contributed by atoms with E-state index in [9.17, 15) is 0 Å². The van der Waals surface area contributed by atoms with Crippen LogP contribution in [0.3, 0.4) is 0 Å². The highest BCUT2D eigenvalue weighted by atomic mass is 15.2. The van der Waals surface area contributed by atoms with Crippen molar-refractivity contribution in [1.82, 2.24) is 15.1 Å². The van der Waals surface area contributed by atoms with E-state index in [1.807, 2.05) is 11.7 Å². The van der Waals surface area contributed by atoms with E-state index in [-0.39, 0.29) is 0 Å². The Morgan fingerprint density at radius 3 is 2.71 bits per heavy atom. The summed E-state index contributed by atoms with van der Waals surface area (Å²) < 4.78 is 1.96. The predicted octanol–water partition coefficient (Wildman–Crippen LogP) is 3.70. The molecule has 21 heavy (non-hydrogen) atoms. The number of aryl methyl sites for hydroxylation is 2. The number of hydrogen-bond acceptors (Lipinski definition) is 2. The largest absolute Gasteiger partial charge is 0.310 e. The van der Waals surface area contributed by atoms with Crippen LogP contribution in [0.25, 0.3) is 6.08 Å². The van der Waals surface area contributed by atoms with E-state index in [1.165, 1.54) is 56.2 Å². The second kappa shape index (κ2) is 6.78. The zero-order chi connectivity index (χ0) is 14.7. The first kappa shape index (κ1) is 14.8. The Morgan fingerprint density at radius 2 is 2.05 bits per heavy atom. The Morgan fingerprint density at radius 1 is 1.29 bits per heavy atom. The molecule has 3 nitrogen and oxygen atoms in total. The van der Waals surface area contributed by atoms with Crippen LogP contribution < -0.4 is 5.32 Å². The summed E-state index contributed by atoms with van der Waals surface area (Å²) in [5, 5.41) is 8.31. The summed E-state index contributed by atoms with van der Waals surface area (Å²) in [5.74, 6) is 0.787. The van der Waals surface area contributed by atoms with E-state index in [0.717, 1.165) is 24.9 Å². The van der Waals surface area contributed by atoms with Gasteiger partial charge in [0, 0.05) is 31.4 Å². The quantitative estimate of drug-likeness (QED) is 0.864. The second-order valence-corrected chi connectivity index (χ2v) is 6.77. The Bertz CT molecular complexity index is 491. The third-order valence-electron chi connectivity index (χ3n) is 4.92. The monoisotopic (exact) mass is 287 g/mol. The summed E-state index contributed by atoms with van der Waals surface area (Å²) >= 11 is 0. The number of nitrogens with one attached hydrogen (secondary N) is 1. The molecule has 0 spiro atoms. The molecule has 3 heteroatoms. The third-order valence-corrected chi connectivity index (χ3v) is 4.92. The molecule has 0 aliphatic heterocycles. The van der Waals surface area contributed by atoms with Crippen LogP contribution in [0.2, 0.25) is 0 Å². The first-order valence-electron chi connectivity index (χ1n) is 8.72. The van der Waals surface area contributed by atoms with Crippen molar-refractivity contribution in [2.75, 3.05) is 6.54 Å². The molecule has 3 rings (SSSR count). The van der Waals surface area contributed by atoms with E-state index >= 15 is 0 Å². The van der Waals surface area contributed by atoms with Crippen molar-refractivity contribution in [3.05, 3.63) is 23.0 Å². The molecule has 0 atom stereocenters. The molecule has 1 aromatic rings. The Hall–Kier alpha value is -1.09. The van der Waals surface area contributed by atoms with Gasteiger partial charge in [-0.25, -0.2) is 0 Å². The van der Waals surface area contributed by atoms with E-state index in [4.69, 9.17) is 0 Å². The Labute approximate surface area is 128 Å². The van der Waals surface area contributed by atoms with Crippen LogP contribution in [0.5, 0.6) is 0 Å². The fourth-order valence-electron chi connectivity index (χ4n) is 3.48. The summed E-state index contributed by atoms with van der Waals surface area (Å²) in [5.41, 5.74) is 4.18. The van der Waals surface area contributed by atoms with Gasteiger partial charge in [-0.2, -0.15) is 5.10 Å². The first-order valence-corrected chi connectivity index (χ1v) is 8.72. The molecule has 0 amide bonds. The van der Waals surface area contributed by atoms with Gasteiger partial charge in [0.15, 0.2) is 0 Å². The molecule has 0 aromatic carbocycles. The summed E-state index contributed by atoms with van der Waals surface area (Å²) in [4.78, 5) is 0. The minimum Gasteiger partial charge on any atom is -0.310 e. The summed E-state index contributed by atoms with van der Waals surface area (Å²) in [6, 6.07) is 0.788. The molecule has 1 N–H and O–H groups in total. The van der Waals surface area contributed by atoms with Gasteiger partial charge in [-0.3, -0.25) is 4.68 Å². The smallest absolute Gasteiger partial charge is 0.0694 e. The van der Waals surface area contributed by atoms with Gasteiger partial charge in [0.1, 0.15) is 0 Å². The molecule has 2 saturated carbocycles. The summed E-state index contributed by atoms with van der Waals surface area (Å²) in [6.07, 6.45) is 15.3. The summed E-state index contributed by atoms with van der Waals surface area (Å²) in [6.45, 7) is 3.27. The van der Waals surface area contributed by atoms with Crippen molar-refractivity contribution in [2.24, 2.45) is 13.0 Å². The van der Waals surface area contributed by atoms with Gasteiger partial charge in [0.05, 0.1) is 5.69 Å². The van der Waals surface area contributed by atoms with Gasteiger partial charge in [-0.1, -0.05) is 37.8 Å². The van der Waals surface area contributed by atoms with Gasteiger partial charge in [0.25, 0.3) is 0 Å². The van der Waals surface area contributed by atoms with Crippen LogP contribution in [0.1, 0.15) is 63.1 Å². The zero-order valence-electron chi connectivity index (χ0n) is 13.6. The van der Waals surface area contributed by atoms with Crippen molar-refractivity contribution in [2.45, 2.75) is 64.3 Å². The minimum absolute atomic E-state index is 0.787. The molecule has 1 heterocycles. The lowest BCUT2D eigenvalue weighted by Gasteiger charge is -2.25. The maximum atomic E-state index is 4.59. The fourth-order valence-corrected chi connectivity index (χ4v) is 3.48. The minimum atomic E-state index is 0.787. The van der Waals surface area contributed by atoms with Crippen molar-refractivity contribution in [1.29, 1.82) is 0 Å². The molecular weight excluding hydrogens is 258 g/mol. The summed E-state index contributed by atoms with van der Waals surface area (Å²) in [7, 11) is 2.03. The maximum absolute atomic E-state index is 4.59. The number of nitrogens with zero attached hydrogens (tertiary/aromatic N) is 2. The van der Waals surface area contributed by atoms with Gasteiger partial charge >= 0.3 is 0 Å². The molecule has 2 fully saturated rings. The lowest BCUT2D eigenvalue weighted by Crippen LogP contribution is -2.24. The highest BCUT2D eigenvalue weighted by Gasteiger charge is 2.23. The van der Waals surface area contributed by atoms with E-state index in [1.54, 1.807) is 5.57 Å². The fraction of sp³-hybridized carbons (Fsp3) is 0.722. The molecule has 0 saturated heterocycles. The Kier molecular flexibility index (Phi) is 4.79. The van der Waals surface area contributed by atoms with Crippen molar-refractivity contribution in [3.8, 4) is 0 Å². The lowest BCUT2D eigenvalue weighted by atomic mass is 9.83. The Balaban J connectivity index is 1.79. The van der Waals surface area contributed by atoms with Crippen LogP contribution >= 0.6 is 0 Å². The number of rotatable bonds is 6.